The average Bonchev–Trinajstić information content (AvgIpc) is 2.33. The van der Waals surface area contributed by atoms with Gasteiger partial charge in [-0.05, 0) is 39.8 Å². The van der Waals surface area contributed by atoms with E-state index in [-0.39, 0.29) is 11.9 Å². The van der Waals surface area contributed by atoms with E-state index >= 15 is 0 Å². The van der Waals surface area contributed by atoms with Gasteiger partial charge in [-0.2, -0.15) is 0 Å². The Bertz CT molecular complexity index is 475. The van der Waals surface area contributed by atoms with Gasteiger partial charge in [0.2, 0.25) is 0 Å². The Morgan fingerprint density at radius 2 is 2.32 bits per heavy atom. The summed E-state index contributed by atoms with van der Waals surface area (Å²) in [6, 6.07) is 2.44. The number of nitrogen functional groups attached to an aromatic ring is 1. The van der Waals surface area contributed by atoms with Gasteiger partial charge < -0.3 is 16.0 Å². The second-order valence-corrected chi connectivity index (χ2v) is 5.44. The van der Waals surface area contributed by atoms with Crippen LogP contribution in [-0.4, -0.2) is 41.5 Å². The molecule has 5 heteroatoms. The molecular formula is C14H22N4O. The van der Waals surface area contributed by atoms with Crippen molar-refractivity contribution in [2.45, 2.75) is 38.8 Å². The Balaban J connectivity index is 2.01. The number of pyridine rings is 1. The van der Waals surface area contributed by atoms with Crippen molar-refractivity contribution in [2.24, 2.45) is 0 Å². The van der Waals surface area contributed by atoms with E-state index in [0.29, 0.717) is 17.3 Å². The summed E-state index contributed by atoms with van der Waals surface area (Å²) in [5.41, 5.74) is 7.65. The van der Waals surface area contributed by atoms with E-state index in [1.54, 1.807) is 12.3 Å². The predicted octanol–water partition coefficient (Wildman–Crippen LogP) is 1.18. The summed E-state index contributed by atoms with van der Waals surface area (Å²) in [6.07, 6.45) is 3.51. The second-order valence-electron chi connectivity index (χ2n) is 5.44. The smallest absolute Gasteiger partial charge is 0.255 e. The predicted molar refractivity (Wildman–Crippen MR) is 76.0 cm³/mol. The molecule has 0 radical (unpaired) electrons. The number of nitrogens with two attached hydrogens (primary N) is 1. The number of nitrogens with zero attached hydrogens (tertiary/aromatic N) is 2. The molecule has 104 valence electrons. The largest absolute Gasteiger partial charge is 0.398 e. The van der Waals surface area contributed by atoms with Crippen molar-refractivity contribution >= 4 is 11.6 Å². The van der Waals surface area contributed by atoms with Crippen molar-refractivity contribution in [3.8, 4) is 0 Å². The van der Waals surface area contributed by atoms with Gasteiger partial charge in [-0.1, -0.05) is 0 Å². The number of carbonyl (C=O) groups excluding carboxylic acids is 1. The Hall–Kier alpha value is -1.62. The zero-order valence-electron chi connectivity index (χ0n) is 11.8. The molecule has 0 saturated carbocycles. The highest BCUT2D eigenvalue weighted by atomic mass is 16.1. The number of anilines is 1. The van der Waals surface area contributed by atoms with Crippen LogP contribution in [0, 0.1) is 6.92 Å². The lowest BCUT2D eigenvalue weighted by Crippen LogP contribution is -2.47. The third-order valence-corrected chi connectivity index (χ3v) is 3.86. The van der Waals surface area contributed by atoms with Crippen molar-refractivity contribution in [1.29, 1.82) is 0 Å². The van der Waals surface area contributed by atoms with Gasteiger partial charge in [-0.15, -0.1) is 0 Å². The van der Waals surface area contributed by atoms with Gasteiger partial charge in [0, 0.05) is 36.2 Å². The lowest BCUT2D eigenvalue weighted by Gasteiger charge is -2.35. The van der Waals surface area contributed by atoms with Crippen molar-refractivity contribution in [1.82, 2.24) is 15.2 Å². The first-order valence-corrected chi connectivity index (χ1v) is 6.70. The molecule has 0 bridgehead atoms. The number of amides is 1. The van der Waals surface area contributed by atoms with E-state index in [4.69, 9.17) is 5.73 Å². The average molecular weight is 262 g/mol. The fourth-order valence-electron chi connectivity index (χ4n) is 2.45. The van der Waals surface area contributed by atoms with E-state index in [1.165, 1.54) is 0 Å². The molecule has 2 unspecified atom stereocenters. The van der Waals surface area contributed by atoms with E-state index in [9.17, 15) is 4.79 Å². The fraction of sp³-hybridized carbons (Fsp3) is 0.571. The maximum absolute atomic E-state index is 12.2. The minimum Gasteiger partial charge on any atom is -0.398 e. The normalized spacial score (nSPS) is 24.2. The molecule has 2 heterocycles. The van der Waals surface area contributed by atoms with Crippen LogP contribution in [0.2, 0.25) is 0 Å². The molecule has 5 nitrogen and oxygen atoms in total. The summed E-state index contributed by atoms with van der Waals surface area (Å²) in [5.74, 6) is -0.119. The van der Waals surface area contributed by atoms with Crippen LogP contribution in [-0.2, 0) is 0 Å². The Morgan fingerprint density at radius 3 is 2.95 bits per heavy atom. The number of nitrogens with one attached hydrogen (secondary N) is 1. The number of aryl methyl sites for hydroxylation is 1. The van der Waals surface area contributed by atoms with Gasteiger partial charge in [0.15, 0.2) is 0 Å². The zero-order valence-corrected chi connectivity index (χ0v) is 11.8. The van der Waals surface area contributed by atoms with Gasteiger partial charge in [0.25, 0.3) is 5.91 Å². The first kappa shape index (κ1) is 13.8. The topological polar surface area (TPSA) is 71.2 Å². The molecule has 1 saturated heterocycles. The molecule has 1 fully saturated rings. The summed E-state index contributed by atoms with van der Waals surface area (Å²) in [4.78, 5) is 18.6. The van der Waals surface area contributed by atoms with Gasteiger partial charge in [-0.3, -0.25) is 9.78 Å². The molecule has 0 spiro atoms. The number of piperidine rings is 1. The van der Waals surface area contributed by atoms with Crippen LogP contribution < -0.4 is 11.1 Å². The highest BCUT2D eigenvalue weighted by Gasteiger charge is 2.24. The molecule has 1 aromatic rings. The number of carbonyl (C=O) groups is 1. The maximum Gasteiger partial charge on any atom is 0.255 e. The number of likely N-dealkylation sites (tertiary alicyclic amines) is 1. The Kier molecular flexibility index (Phi) is 4.04. The van der Waals surface area contributed by atoms with E-state index < -0.39 is 0 Å². The molecule has 1 aliphatic heterocycles. The highest BCUT2D eigenvalue weighted by molar-refractivity contribution is 5.98. The molecular weight excluding hydrogens is 240 g/mol. The first-order chi connectivity index (χ1) is 8.97. The molecule has 2 rings (SSSR count). The molecule has 0 aromatic carbocycles. The molecule has 1 aliphatic rings. The SMILES string of the molecule is Cc1cc(N)c(C(=O)NC2CCN(C)C(C)C2)cn1. The molecule has 2 atom stereocenters. The number of hydrogen-bond acceptors (Lipinski definition) is 4. The summed E-state index contributed by atoms with van der Waals surface area (Å²) >= 11 is 0. The van der Waals surface area contributed by atoms with Crippen LogP contribution in [0.15, 0.2) is 12.3 Å². The summed E-state index contributed by atoms with van der Waals surface area (Å²) in [6.45, 7) is 5.05. The lowest BCUT2D eigenvalue weighted by atomic mass is 9.98. The quantitative estimate of drug-likeness (QED) is 0.839. The maximum atomic E-state index is 12.2. The molecule has 0 aliphatic carbocycles. The van der Waals surface area contributed by atoms with Gasteiger partial charge in [-0.25, -0.2) is 0 Å². The summed E-state index contributed by atoms with van der Waals surface area (Å²) in [5, 5.41) is 3.06. The number of aromatic nitrogens is 1. The third-order valence-electron chi connectivity index (χ3n) is 3.86. The standard InChI is InChI=1S/C14H22N4O/c1-9-6-13(15)12(8-16-9)14(19)17-11-4-5-18(3)10(2)7-11/h6,8,10-11H,4-5,7H2,1-3H3,(H2,15,16)(H,17,19). The van der Waals surface area contributed by atoms with Gasteiger partial charge >= 0.3 is 0 Å². The van der Waals surface area contributed by atoms with Crippen molar-refractivity contribution in [2.75, 3.05) is 19.3 Å². The Labute approximate surface area is 114 Å². The minimum absolute atomic E-state index is 0.119. The van der Waals surface area contributed by atoms with E-state index in [0.717, 1.165) is 25.1 Å². The summed E-state index contributed by atoms with van der Waals surface area (Å²) in [7, 11) is 2.12. The highest BCUT2D eigenvalue weighted by Crippen LogP contribution is 2.17. The van der Waals surface area contributed by atoms with Crippen LogP contribution in [0.3, 0.4) is 0 Å². The van der Waals surface area contributed by atoms with Crippen molar-refractivity contribution in [3.63, 3.8) is 0 Å². The van der Waals surface area contributed by atoms with Crippen molar-refractivity contribution in [3.05, 3.63) is 23.5 Å². The fourth-order valence-corrected chi connectivity index (χ4v) is 2.45. The van der Waals surface area contributed by atoms with Crippen LogP contribution in [0.4, 0.5) is 5.69 Å². The van der Waals surface area contributed by atoms with Gasteiger partial charge in [0.05, 0.1) is 5.56 Å². The third kappa shape index (κ3) is 3.23. The monoisotopic (exact) mass is 262 g/mol. The molecule has 1 amide bonds. The van der Waals surface area contributed by atoms with E-state index in [1.807, 2.05) is 6.92 Å². The van der Waals surface area contributed by atoms with Gasteiger partial charge in [0.1, 0.15) is 0 Å². The minimum atomic E-state index is -0.119. The molecule has 19 heavy (non-hydrogen) atoms. The summed E-state index contributed by atoms with van der Waals surface area (Å²) < 4.78 is 0. The number of rotatable bonds is 2. The Morgan fingerprint density at radius 1 is 1.58 bits per heavy atom. The lowest BCUT2D eigenvalue weighted by molar-refractivity contribution is 0.0897. The zero-order chi connectivity index (χ0) is 14.0. The van der Waals surface area contributed by atoms with Crippen molar-refractivity contribution < 1.29 is 4.79 Å². The molecule has 1 aromatic heterocycles. The van der Waals surface area contributed by atoms with Crippen LogP contribution >= 0.6 is 0 Å². The second kappa shape index (κ2) is 5.57. The van der Waals surface area contributed by atoms with Crippen LogP contribution in [0.25, 0.3) is 0 Å². The molecule has 3 N–H and O–H groups in total. The first-order valence-electron chi connectivity index (χ1n) is 6.70. The van der Waals surface area contributed by atoms with E-state index in [2.05, 4.69) is 29.2 Å². The van der Waals surface area contributed by atoms with Crippen LogP contribution in [0.1, 0.15) is 35.8 Å². The van der Waals surface area contributed by atoms with Crippen LogP contribution in [0.5, 0.6) is 0 Å². The number of hydrogen-bond donors (Lipinski definition) is 2.